The minimum Gasteiger partial charge on any atom is -0.497 e. The smallest absolute Gasteiger partial charge is 0.267 e. The lowest BCUT2D eigenvalue weighted by Gasteiger charge is -2.17. The van der Waals surface area contributed by atoms with E-state index in [1.807, 2.05) is 29.2 Å². The van der Waals surface area contributed by atoms with Crippen molar-refractivity contribution in [2.24, 2.45) is 0 Å². The normalized spacial score (nSPS) is 17.1. The first kappa shape index (κ1) is 16.1. The van der Waals surface area contributed by atoms with Crippen molar-refractivity contribution in [1.82, 2.24) is 15.2 Å². The first-order valence-electron chi connectivity index (χ1n) is 8.00. The average molecular weight is 327 g/mol. The third kappa shape index (κ3) is 3.76. The second kappa shape index (κ2) is 7.21. The fourth-order valence-corrected chi connectivity index (χ4v) is 2.88. The van der Waals surface area contributed by atoms with Gasteiger partial charge in [0.25, 0.3) is 5.91 Å². The van der Waals surface area contributed by atoms with Crippen molar-refractivity contribution in [3.05, 3.63) is 53.9 Å². The second-order valence-corrected chi connectivity index (χ2v) is 5.90. The van der Waals surface area contributed by atoms with E-state index >= 15 is 0 Å². The molecule has 1 atom stereocenters. The number of carbonyl (C=O) groups excluding carboxylic acids is 2. The van der Waals surface area contributed by atoms with Crippen LogP contribution in [0, 0.1) is 0 Å². The predicted molar refractivity (Wildman–Crippen MR) is 89.9 cm³/mol. The highest BCUT2D eigenvalue weighted by atomic mass is 16.5. The van der Waals surface area contributed by atoms with Crippen LogP contribution < -0.4 is 10.1 Å². The number of rotatable bonds is 6. The maximum absolute atomic E-state index is 12.1. The summed E-state index contributed by atoms with van der Waals surface area (Å²) in [6.07, 6.45) is 2.85. The van der Waals surface area contributed by atoms with E-state index in [-0.39, 0.29) is 17.9 Å². The van der Waals surface area contributed by atoms with E-state index in [0.29, 0.717) is 25.2 Å². The van der Waals surface area contributed by atoms with Gasteiger partial charge in [-0.05, 0) is 36.2 Å². The van der Waals surface area contributed by atoms with Gasteiger partial charge < -0.3 is 19.9 Å². The summed E-state index contributed by atoms with van der Waals surface area (Å²) in [5.41, 5.74) is 1.67. The van der Waals surface area contributed by atoms with Crippen LogP contribution in [0.3, 0.4) is 0 Å². The lowest BCUT2D eigenvalue weighted by Crippen LogP contribution is -2.37. The van der Waals surface area contributed by atoms with Gasteiger partial charge in [0, 0.05) is 25.7 Å². The summed E-state index contributed by atoms with van der Waals surface area (Å²) in [4.78, 5) is 28.8. The van der Waals surface area contributed by atoms with Gasteiger partial charge >= 0.3 is 0 Å². The molecular weight excluding hydrogens is 306 g/mol. The van der Waals surface area contributed by atoms with Crippen LogP contribution in [0.5, 0.6) is 5.75 Å². The Morgan fingerprint density at radius 2 is 2.12 bits per heavy atom. The Hall–Kier alpha value is -2.76. The van der Waals surface area contributed by atoms with E-state index in [4.69, 9.17) is 4.74 Å². The molecule has 126 valence electrons. The highest BCUT2D eigenvalue weighted by Gasteiger charge is 2.30. The summed E-state index contributed by atoms with van der Waals surface area (Å²) >= 11 is 0. The lowest BCUT2D eigenvalue weighted by molar-refractivity contribution is -0.127. The fourth-order valence-electron chi connectivity index (χ4n) is 2.88. The number of aromatic nitrogens is 1. The summed E-state index contributed by atoms with van der Waals surface area (Å²) in [5.74, 6) is 0.734. The third-order valence-electron chi connectivity index (χ3n) is 4.22. The van der Waals surface area contributed by atoms with Crippen molar-refractivity contribution in [2.45, 2.75) is 18.9 Å². The zero-order chi connectivity index (χ0) is 16.9. The van der Waals surface area contributed by atoms with Crippen LogP contribution >= 0.6 is 0 Å². The van der Waals surface area contributed by atoms with Gasteiger partial charge in [0.2, 0.25) is 5.91 Å². The van der Waals surface area contributed by atoms with Crippen molar-refractivity contribution in [3.63, 3.8) is 0 Å². The Labute approximate surface area is 140 Å². The van der Waals surface area contributed by atoms with Gasteiger partial charge in [0.15, 0.2) is 0 Å². The van der Waals surface area contributed by atoms with E-state index in [9.17, 15) is 9.59 Å². The van der Waals surface area contributed by atoms with Crippen LogP contribution in [0.2, 0.25) is 0 Å². The van der Waals surface area contributed by atoms with Gasteiger partial charge in [0.1, 0.15) is 11.4 Å². The minimum atomic E-state index is -0.171. The molecule has 6 heteroatoms. The van der Waals surface area contributed by atoms with Gasteiger partial charge in [-0.25, -0.2) is 0 Å². The number of hydrogen-bond donors (Lipinski definition) is 2. The maximum atomic E-state index is 12.1. The molecule has 0 spiro atoms. The van der Waals surface area contributed by atoms with Crippen LogP contribution in [0.15, 0.2) is 42.6 Å². The highest BCUT2D eigenvalue weighted by Crippen LogP contribution is 2.15. The van der Waals surface area contributed by atoms with Gasteiger partial charge in [0.05, 0.1) is 13.2 Å². The van der Waals surface area contributed by atoms with E-state index in [1.165, 1.54) is 0 Å². The first-order valence-corrected chi connectivity index (χ1v) is 8.00. The molecule has 0 radical (unpaired) electrons. The number of ether oxygens (including phenoxy) is 1. The largest absolute Gasteiger partial charge is 0.497 e. The monoisotopic (exact) mass is 327 g/mol. The number of likely N-dealkylation sites (tertiary alicyclic amines) is 1. The van der Waals surface area contributed by atoms with Crippen LogP contribution in [-0.4, -0.2) is 47.9 Å². The maximum Gasteiger partial charge on any atom is 0.267 e. The van der Waals surface area contributed by atoms with Gasteiger partial charge in [-0.2, -0.15) is 0 Å². The Kier molecular flexibility index (Phi) is 4.84. The molecule has 0 bridgehead atoms. The van der Waals surface area contributed by atoms with Crippen molar-refractivity contribution >= 4 is 11.8 Å². The molecule has 1 aromatic heterocycles. The molecule has 3 rings (SSSR count). The molecule has 24 heavy (non-hydrogen) atoms. The number of aromatic amines is 1. The molecule has 1 aliphatic rings. The number of nitrogens with one attached hydrogen (secondary N) is 2. The average Bonchev–Trinajstić information content (AvgIpc) is 3.23. The summed E-state index contributed by atoms with van der Waals surface area (Å²) in [6, 6.07) is 11.2. The number of methoxy groups -OCH3 is 1. The van der Waals surface area contributed by atoms with E-state index in [2.05, 4.69) is 10.3 Å². The fraction of sp³-hybridized carbons (Fsp3) is 0.333. The molecule has 1 aromatic carbocycles. The minimum absolute atomic E-state index is 0.0836. The molecule has 1 aliphatic heterocycles. The van der Waals surface area contributed by atoms with Crippen molar-refractivity contribution in [3.8, 4) is 5.75 Å². The molecule has 2 N–H and O–H groups in total. The number of amides is 2. The number of benzene rings is 1. The van der Waals surface area contributed by atoms with Crippen molar-refractivity contribution < 1.29 is 14.3 Å². The zero-order valence-corrected chi connectivity index (χ0v) is 13.6. The standard InChI is InChI=1S/C18H21N3O3/c1-24-15-6-4-13(5-7-15)8-10-21-12-14(11-17(21)22)20-18(23)16-3-2-9-19-16/h2-7,9,14,19H,8,10-12H2,1H3,(H,20,23)/t14-/m1/s1. The molecule has 2 heterocycles. The van der Waals surface area contributed by atoms with Crippen molar-refractivity contribution in [1.29, 1.82) is 0 Å². The lowest BCUT2D eigenvalue weighted by atomic mass is 10.1. The molecular formula is C18H21N3O3. The highest BCUT2D eigenvalue weighted by molar-refractivity contribution is 5.93. The van der Waals surface area contributed by atoms with Crippen LogP contribution in [0.1, 0.15) is 22.5 Å². The Bertz CT molecular complexity index is 695. The van der Waals surface area contributed by atoms with Crippen LogP contribution in [-0.2, 0) is 11.2 Å². The quantitative estimate of drug-likeness (QED) is 0.846. The predicted octanol–water partition coefficient (Wildman–Crippen LogP) is 1.60. The third-order valence-corrected chi connectivity index (χ3v) is 4.22. The number of H-pyrrole nitrogens is 1. The van der Waals surface area contributed by atoms with Gasteiger partial charge in [-0.15, -0.1) is 0 Å². The zero-order valence-electron chi connectivity index (χ0n) is 13.6. The van der Waals surface area contributed by atoms with E-state index in [0.717, 1.165) is 17.7 Å². The molecule has 6 nitrogen and oxygen atoms in total. The SMILES string of the molecule is COc1ccc(CCN2C[C@H](NC(=O)c3ccc[nH]3)CC2=O)cc1. The Morgan fingerprint density at radius 1 is 1.33 bits per heavy atom. The van der Waals surface area contributed by atoms with Crippen LogP contribution in [0.4, 0.5) is 0 Å². The first-order chi connectivity index (χ1) is 11.7. The molecule has 1 fully saturated rings. The van der Waals surface area contributed by atoms with Gasteiger partial charge in [-0.1, -0.05) is 12.1 Å². The second-order valence-electron chi connectivity index (χ2n) is 5.90. The van der Waals surface area contributed by atoms with E-state index < -0.39 is 0 Å². The number of nitrogens with zero attached hydrogens (tertiary/aromatic N) is 1. The number of hydrogen-bond acceptors (Lipinski definition) is 3. The molecule has 2 aromatic rings. The topological polar surface area (TPSA) is 74.4 Å². The number of carbonyl (C=O) groups is 2. The van der Waals surface area contributed by atoms with E-state index in [1.54, 1.807) is 25.4 Å². The molecule has 0 aliphatic carbocycles. The van der Waals surface area contributed by atoms with Gasteiger partial charge in [-0.3, -0.25) is 9.59 Å². The summed E-state index contributed by atoms with van der Waals surface area (Å²) in [6.45, 7) is 1.21. The molecule has 0 unspecified atom stereocenters. The Morgan fingerprint density at radius 3 is 2.79 bits per heavy atom. The Balaban J connectivity index is 1.50. The van der Waals surface area contributed by atoms with Crippen LogP contribution in [0.25, 0.3) is 0 Å². The summed E-state index contributed by atoms with van der Waals surface area (Å²) in [7, 11) is 1.64. The summed E-state index contributed by atoms with van der Waals surface area (Å²) < 4.78 is 5.14. The summed E-state index contributed by atoms with van der Waals surface area (Å²) in [5, 5.41) is 2.91. The molecule has 1 saturated heterocycles. The van der Waals surface area contributed by atoms with Crippen molar-refractivity contribution in [2.75, 3.05) is 20.2 Å². The molecule has 2 amide bonds. The molecule has 0 saturated carbocycles.